The number of halogens is 1. The molecule has 0 N–H and O–H groups in total. The smallest absolute Gasteiger partial charge is 0.0857 e. The predicted octanol–water partition coefficient (Wildman–Crippen LogP) is -1.36. The summed E-state index contributed by atoms with van der Waals surface area (Å²) in [6.45, 7) is 3.74. The van der Waals surface area contributed by atoms with Crippen LogP contribution in [-0.2, 0) is 0 Å². The average Bonchev–Trinajstić information content (AvgIpc) is 1.77. The fraction of sp³-hybridized carbons (Fsp3) is 1.00. The highest BCUT2D eigenvalue weighted by atomic mass is 35.5. The third-order valence-electron chi connectivity index (χ3n) is 2.80. The molecule has 10 heavy (non-hydrogen) atoms. The Bertz CT molecular complexity index is 101. The fourth-order valence-electron chi connectivity index (χ4n) is 1.53. The van der Waals surface area contributed by atoms with Crippen molar-refractivity contribution in [3.63, 3.8) is 0 Å². The maximum absolute atomic E-state index is 2.36. The summed E-state index contributed by atoms with van der Waals surface area (Å²) < 4.78 is 1.24. The van der Waals surface area contributed by atoms with E-state index in [2.05, 4.69) is 21.0 Å². The van der Waals surface area contributed by atoms with Gasteiger partial charge < -0.3 is 16.9 Å². The second kappa shape index (κ2) is 3.59. The number of quaternary nitrogens is 1. The number of nitrogens with zero attached hydrogens (tertiary/aromatic N) is 1. The van der Waals surface area contributed by atoms with Crippen molar-refractivity contribution in [2.24, 2.45) is 0 Å². The fourth-order valence-corrected chi connectivity index (χ4v) is 1.53. The highest BCUT2D eigenvalue weighted by molar-refractivity contribution is 4.57. The molecule has 2 heteroatoms. The summed E-state index contributed by atoms with van der Waals surface area (Å²) in [5.41, 5.74) is 0. The minimum atomic E-state index is 0. The SMILES string of the molecule is CC1CCCC[N+]1(C)C.[Cl-]. The van der Waals surface area contributed by atoms with Gasteiger partial charge in [0.1, 0.15) is 0 Å². The lowest BCUT2D eigenvalue weighted by molar-refractivity contribution is -0.918. The first-order chi connectivity index (χ1) is 4.13. The van der Waals surface area contributed by atoms with Gasteiger partial charge in [-0.05, 0) is 26.2 Å². The van der Waals surface area contributed by atoms with E-state index in [9.17, 15) is 0 Å². The lowest BCUT2D eigenvalue weighted by Crippen LogP contribution is -3.00. The lowest BCUT2D eigenvalue weighted by atomic mass is 10.0. The van der Waals surface area contributed by atoms with E-state index in [0.29, 0.717) is 0 Å². The topological polar surface area (TPSA) is 0 Å². The molecule has 1 unspecified atom stereocenters. The molecule has 1 fully saturated rings. The van der Waals surface area contributed by atoms with Gasteiger partial charge in [-0.3, -0.25) is 0 Å². The summed E-state index contributed by atoms with van der Waals surface area (Å²) in [5, 5.41) is 0. The van der Waals surface area contributed by atoms with Crippen LogP contribution in [0, 0.1) is 0 Å². The van der Waals surface area contributed by atoms with Gasteiger partial charge >= 0.3 is 0 Å². The van der Waals surface area contributed by atoms with Gasteiger partial charge in [-0.1, -0.05) is 0 Å². The highest BCUT2D eigenvalue weighted by Crippen LogP contribution is 2.20. The van der Waals surface area contributed by atoms with Crippen LogP contribution in [0.3, 0.4) is 0 Å². The molecule has 1 rings (SSSR count). The Hall–Kier alpha value is 0.250. The molecule has 0 bridgehead atoms. The third kappa shape index (κ3) is 2.14. The lowest BCUT2D eigenvalue weighted by Gasteiger charge is -2.39. The molecule has 1 atom stereocenters. The number of rotatable bonds is 0. The van der Waals surface area contributed by atoms with Crippen LogP contribution in [0.5, 0.6) is 0 Å². The van der Waals surface area contributed by atoms with Crippen molar-refractivity contribution in [3.05, 3.63) is 0 Å². The van der Waals surface area contributed by atoms with Crippen LogP contribution in [0.2, 0.25) is 0 Å². The maximum Gasteiger partial charge on any atom is 0.0857 e. The number of hydrogen-bond donors (Lipinski definition) is 0. The molecule has 1 heterocycles. The normalized spacial score (nSPS) is 30.9. The highest BCUT2D eigenvalue weighted by Gasteiger charge is 2.26. The number of hydrogen-bond acceptors (Lipinski definition) is 0. The van der Waals surface area contributed by atoms with E-state index in [1.165, 1.54) is 30.3 Å². The Morgan fingerprint density at radius 2 is 1.80 bits per heavy atom. The standard InChI is InChI=1S/C8H18N.ClH/c1-8-6-4-5-7-9(8,2)3;/h8H,4-7H2,1-3H3;1H/q+1;/p-1. The summed E-state index contributed by atoms with van der Waals surface area (Å²) >= 11 is 0. The zero-order valence-corrected chi connectivity index (χ0v) is 7.99. The third-order valence-corrected chi connectivity index (χ3v) is 2.80. The summed E-state index contributed by atoms with van der Waals surface area (Å²) in [4.78, 5) is 0. The van der Waals surface area contributed by atoms with E-state index in [4.69, 9.17) is 0 Å². The van der Waals surface area contributed by atoms with Crippen molar-refractivity contribution < 1.29 is 16.9 Å². The van der Waals surface area contributed by atoms with Crippen LogP contribution in [0.15, 0.2) is 0 Å². The van der Waals surface area contributed by atoms with Crippen molar-refractivity contribution >= 4 is 0 Å². The Morgan fingerprint density at radius 3 is 2.10 bits per heavy atom. The predicted molar refractivity (Wildman–Crippen MR) is 40.3 cm³/mol. The van der Waals surface area contributed by atoms with Gasteiger partial charge in [-0.25, -0.2) is 0 Å². The molecule has 0 spiro atoms. The largest absolute Gasteiger partial charge is 1.00 e. The molecule has 0 aromatic carbocycles. The van der Waals surface area contributed by atoms with Gasteiger partial charge in [-0.2, -0.15) is 0 Å². The van der Waals surface area contributed by atoms with Gasteiger partial charge in [0.05, 0.1) is 26.7 Å². The van der Waals surface area contributed by atoms with Crippen molar-refractivity contribution in [2.45, 2.75) is 32.2 Å². The van der Waals surface area contributed by atoms with Gasteiger partial charge in [0.25, 0.3) is 0 Å². The van der Waals surface area contributed by atoms with E-state index >= 15 is 0 Å². The molecule has 1 aliphatic heterocycles. The van der Waals surface area contributed by atoms with Crippen molar-refractivity contribution in [2.75, 3.05) is 20.6 Å². The Labute approximate surface area is 70.4 Å². The number of likely N-dealkylation sites (tertiary alicyclic amines) is 1. The zero-order valence-electron chi connectivity index (χ0n) is 7.23. The molecule has 0 aromatic heterocycles. The summed E-state index contributed by atoms with van der Waals surface area (Å²) in [5.74, 6) is 0. The van der Waals surface area contributed by atoms with Crippen LogP contribution in [0.25, 0.3) is 0 Å². The van der Waals surface area contributed by atoms with E-state index in [1.54, 1.807) is 0 Å². The first-order valence-electron chi connectivity index (χ1n) is 3.95. The second-order valence-electron chi connectivity index (χ2n) is 3.85. The second-order valence-corrected chi connectivity index (χ2v) is 3.85. The minimum absolute atomic E-state index is 0. The first-order valence-corrected chi connectivity index (χ1v) is 3.95. The average molecular weight is 164 g/mol. The molecule has 0 aliphatic carbocycles. The molecule has 0 radical (unpaired) electrons. The van der Waals surface area contributed by atoms with Crippen molar-refractivity contribution in [1.82, 2.24) is 0 Å². The Kier molecular flexibility index (Phi) is 3.68. The Balaban J connectivity index is 0.000000810. The maximum atomic E-state index is 2.36. The van der Waals surface area contributed by atoms with E-state index in [1.807, 2.05) is 0 Å². The van der Waals surface area contributed by atoms with Crippen LogP contribution < -0.4 is 12.4 Å². The molecular formula is C8H18ClN. The number of piperidine rings is 1. The Morgan fingerprint density at radius 1 is 1.20 bits per heavy atom. The molecule has 1 aliphatic rings. The van der Waals surface area contributed by atoms with Gasteiger partial charge in [0, 0.05) is 0 Å². The summed E-state index contributed by atoms with van der Waals surface area (Å²) in [6.07, 6.45) is 4.30. The van der Waals surface area contributed by atoms with Crippen molar-refractivity contribution in [3.8, 4) is 0 Å². The minimum Gasteiger partial charge on any atom is -1.00 e. The van der Waals surface area contributed by atoms with Crippen LogP contribution >= 0.6 is 0 Å². The van der Waals surface area contributed by atoms with Gasteiger partial charge in [0.2, 0.25) is 0 Å². The van der Waals surface area contributed by atoms with Gasteiger partial charge in [-0.15, -0.1) is 0 Å². The molecule has 1 nitrogen and oxygen atoms in total. The molecular weight excluding hydrogens is 146 g/mol. The zero-order chi connectivity index (χ0) is 6.91. The van der Waals surface area contributed by atoms with Gasteiger partial charge in [0.15, 0.2) is 0 Å². The van der Waals surface area contributed by atoms with Crippen LogP contribution in [-0.4, -0.2) is 31.2 Å². The van der Waals surface area contributed by atoms with E-state index in [0.717, 1.165) is 6.04 Å². The van der Waals surface area contributed by atoms with Crippen LogP contribution in [0.1, 0.15) is 26.2 Å². The molecule has 1 saturated heterocycles. The quantitative estimate of drug-likeness (QED) is 0.387. The van der Waals surface area contributed by atoms with E-state index in [-0.39, 0.29) is 12.4 Å². The molecule has 62 valence electrons. The summed E-state index contributed by atoms with van der Waals surface area (Å²) in [7, 11) is 4.67. The van der Waals surface area contributed by atoms with Crippen LogP contribution in [0.4, 0.5) is 0 Å². The molecule has 0 saturated carbocycles. The van der Waals surface area contributed by atoms with Crippen molar-refractivity contribution in [1.29, 1.82) is 0 Å². The monoisotopic (exact) mass is 163 g/mol. The summed E-state index contributed by atoms with van der Waals surface area (Å²) in [6, 6.07) is 0.888. The first kappa shape index (κ1) is 10.2. The van der Waals surface area contributed by atoms with E-state index < -0.39 is 0 Å². The molecule has 0 aromatic rings. The molecule has 0 amide bonds.